The van der Waals surface area contributed by atoms with Crippen LogP contribution >= 0.6 is 0 Å². The van der Waals surface area contributed by atoms with Gasteiger partial charge in [-0.3, -0.25) is 0 Å². The molecule has 3 aliphatic rings. The number of anilines is 6. The highest BCUT2D eigenvalue weighted by Crippen LogP contribution is 2.67. The number of hydrogen-bond acceptors (Lipinski definition) is 3. The topological polar surface area (TPSA) is 15.7 Å². The van der Waals surface area contributed by atoms with Crippen molar-refractivity contribution >= 4 is 34.1 Å². The summed E-state index contributed by atoms with van der Waals surface area (Å²) < 4.78 is 6.67. The van der Waals surface area contributed by atoms with Crippen LogP contribution in [0.4, 0.5) is 34.1 Å². The minimum Gasteiger partial charge on any atom is -0.453 e. The van der Waals surface area contributed by atoms with Crippen LogP contribution in [0.3, 0.4) is 0 Å². The van der Waals surface area contributed by atoms with Crippen LogP contribution in [-0.2, 0) is 5.41 Å². The molecule has 1 spiro atoms. The molecular weight excluding hydrogens is 705 g/mol. The second-order valence-corrected chi connectivity index (χ2v) is 15.2. The molecule has 9 aromatic rings. The first-order valence-corrected chi connectivity index (χ1v) is 19.9. The third kappa shape index (κ3) is 4.62. The number of para-hydroxylation sites is 6. The molecule has 2 aliphatic heterocycles. The van der Waals surface area contributed by atoms with Crippen LogP contribution in [0, 0.1) is 0 Å². The maximum Gasteiger partial charge on any atom is 0.151 e. The van der Waals surface area contributed by atoms with Crippen molar-refractivity contribution in [3.8, 4) is 44.9 Å². The van der Waals surface area contributed by atoms with Crippen molar-refractivity contribution in [3.63, 3.8) is 0 Å². The highest BCUT2D eigenvalue weighted by atomic mass is 16.5. The summed E-state index contributed by atoms with van der Waals surface area (Å²) in [4.78, 5) is 4.72. The largest absolute Gasteiger partial charge is 0.453 e. The predicted octanol–water partition coefficient (Wildman–Crippen LogP) is 14.7. The van der Waals surface area contributed by atoms with Crippen LogP contribution in [0.2, 0.25) is 0 Å². The van der Waals surface area contributed by atoms with E-state index in [-0.39, 0.29) is 0 Å². The fourth-order valence-electron chi connectivity index (χ4n) is 9.88. The van der Waals surface area contributed by atoms with E-state index in [1.165, 1.54) is 61.3 Å². The molecule has 0 radical (unpaired) electrons. The molecule has 2 heterocycles. The van der Waals surface area contributed by atoms with Crippen molar-refractivity contribution < 1.29 is 4.74 Å². The summed E-state index contributed by atoms with van der Waals surface area (Å²) in [6, 6.07) is 79.0. The SMILES string of the molecule is c1ccc(N(c2ccccc2)c2ccc(-c3ccc(-c4cccc5c4-c4ccccc4C54c5ccccc5N5c6ccccc6Oc6cccc4c65)cc3)cc2)cc1. The molecule has 0 saturated heterocycles. The molecule has 0 aromatic heterocycles. The van der Waals surface area contributed by atoms with Gasteiger partial charge in [-0.15, -0.1) is 0 Å². The van der Waals surface area contributed by atoms with E-state index in [1.807, 2.05) is 6.07 Å². The van der Waals surface area contributed by atoms with Crippen molar-refractivity contribution in [2.24, 2.45) is 0 Å². The Morgan fingerprint density at radius 1 is 0.345 bits per heavy atom. The monoisotopic (exact) mass is 740 g/mol. The molecular formula is C55H36N2O. The molecule has 9 aromatic carbocycles. The minimum atomic E-state index is -0.537. The van der Waals surface area contributed by atoms with E-state index in [4.69, 9.17) is 4.74 Å². The fraction of sp³-hybridized carbons (Fsp3) is 0.0182. The molecule has 0 fully saturated rings. The number of ether oxygens (including phenoxy) is 1. The lowest BCUT2D eigenvalue weighted by molar-refractivity contribution is 0.473. The molecule has 1 aliphatic carbocycles. The van der Waals surface area contributed by atoms with E-state index in [2.05, 4.69) is 222 Å². The number of rotatable bonds is 5. The molecule has 0 amide bonds. The molecule has 12 rings (SSSR count). The van der Waals surface area contributed by atoms with Gasteiger partial charge in [0, 0.05) is 17.1 Å². The van der Waals surface area contributed by atoms with Gasteiger partial charge in [0.15, 0.2) is 11.5 Å². The quantitative estimate of drug-likeness (QED) is 0.175. The number of hydrogen-bond donors (Lipinski definition) is 0. The average Bonchev–Trinajstić information content (AvgIpc) is 3.59. The first-order chi connectivity index (χ1) is 28.8. The zero-order valence-corrected chi connectivity index (χ0v) is 31.6. The van der Waals surface area contributed by atoms with E-state index in [1.54, 1.807) is 0 Å². The van der Waals surface area contributed by atoms with E-state index >= 15 is 0 Å². The standard InChI is InChI=1S/C55H36N2O/c1-3-15-40(16-4-1)56(41-17-5-2-6-18-41)42-35-33-38(34-36-42)37-29-31-39(32-30-37)43-20-13-23-47-53(43)44-19-7-8-21-45(44)55(47)46-22-9-10-25-49(46)57-50-26-11-12-27-51(50)58-52-28-14-24-48(55)54(52)57/h1-36H. The molecule has 3 nitrogen and oxygen atoms in total. The first kappa shape index (κ1) is 32.6. The van der Waals surface area contributed by atoms with Gasteiger partial charge in [0.25, 0.3) is 0 Å². The van der Waals surface area contributed by atoms with Gasteiger partial charge in [-0.25, -0.2) is 0 Å². The highest BCUT2D eigenvalue weighted by Gasteiger charge is 2.53. The van der Waals surface area contributed by atoms with Gasteiger partial charge < -0.3 is 14.5 Å². The van der Waals surface area contributed by atoms with E-state index in [0.29, 0.717) is 0 Å². The third-order valence-electron chi connectivity index (χ3n) is 12.3. The lowest BCUT2D eigenvalue weighted by atomic mass is 9.64. The zero-order chi connectivity index (χ0) is 38.2. The van der Waals surface area contributed by atoms with Crippen molar-refractivity contribution in [2.45, 2.75) is 5.41 Å². The van der Waals surface area contributed by atoms with Gasteiger partial charge in [-0.2, -0.15) is 0 Å². The molecule has 0 bridgehead atoms. The summed E-state index contributed by atoms with van der Waals surface area (Å²) in [6.07, 6.45) is 0. The summed E-state index contributed by atoms with van der Waals surface area (Å²) >= 11 is 0. The van der Waals surface area contributed by atoms with Crippen molar-refractivity contribution in [1.29, 1.82) is 0 Å². The Labute approximate surface area is 338 Å². The molecule has 0 N–H and O–H groups in total. The van der Waals surface area contributed by atoms with Gasteiger partial charge in [-0.1, -0.05) is 158 Å². The second-order valence-electron chi connectivity index (χ2n) is 15.2. The zero-order valence-electron chi connectivity index (χ0n) is 31.6. The Kier molecular flexibility index (Phi) is 7.14. The molecule has 0 saturated carbocycles. The summed E-state index contributed by atoms with van der Waals surface area (Å²) in [5.74, 6) is 1.75. The Morgan fingerprint density at radius 3 is 1.59 bits per heavy atom. The van der Waals surface area contributed by atoms with Gasteiger partial charge in [-0.05, 0) is 116 Å². The van der Waals surface area contributed by atoms with Crippen molar-refractivity contribution in [2.75, 3.05) is 9.80 Å². The minimum absolute atomic E-state index is 0.537. The van der Waals surface area contributed by atoms with E-state index in [0.717, 1.165) is 39.9 Å². The van der Waals surface area contributed by atoms with Crippen LogP contribution in [0.5, 0.6) is 11.5 Å². The molecule has 272 valence electrons. The van der Waals surface area contributed by atoms with E-state index < -0.39 is 5.41 Å². The van der Waals surface area contributed by atoms with E-state index in [9.17, 15) is 0 Å². The van der Waals surface area contributed by atoms with Crippen LogP contribution in [-0.4, -0.2) is 0 Å². The average molecular weight is 741 g/mol. The van der Waals surface area contributed by atoms with Crippen LogP contribution in [0.25, 0.3) is 33.4 Å². The Bertz CT molecular complexity index is 2990. The van der Waals surface area contributed by atoms with Gasteiger partial charge in [0.1, 0.15) is 0 Å². The van der Waals surface area contributed by atoms with Gasteiger partial charge >= 0.3 is 0 Å². The van der Waals surface area contributed by atoms with Crippen molar-refractivity contribution in [3.05, 3.63) is 241 Å². The van der Waals surface area contributed by atoms with Crippen LogP contribution in [0.15, 0.2) is 218 Å². The molecule has 1 atom stereocenters. The summed E-state index contributed by atoms with van der Waals surface area (Å²) in [5.41, 5.74) is 18.6. The number of benzene rings is 9. The summed E-state index contributed by atoms with van der Waals surface area (Å²) in [7, 11) is 0. The maximum absolute atomic E-state index is 6.67. The smallest absolute Gasteiger partial charge is 0.151 e. The van der Waals surface area contributed by atoms with Crippen molar-refractivity contribution in [1.82, 2.24) is 0 Å². The third-order valence-corrected chi connectivity index (χ3v) is 12.3. The molecule has 58 heavy (non-hydrogen) atoms. The Morgan fingerprint density at radius 2 is 0.845 bits per heavy atom. The summed E-state index contributed by atoms with van der Waals surface area (Å²) in [5, 5.41) is 0. The maximum atomic E-state index is 6.67. The van der Waals surface area contributed by atoms with Gasteiger partial charge in [0.05, 0.1) is 22.5 Å². The second kappa shape index (κ2) is 12.7. The molecule has 1 unspecified atom stereocenters. The van der Waals surface area contributed by atoms with Gasteiger partial charge in [0.2, 0.25) is 0 Å². The Hall–Kier alpha value is -7.62. The molecule has 3 heteroatoms. The lowest BCUT2D eigenvalue weighted by Crippen LogP contribution is -2.37. The predicted molar refractivity (Wildman–Crippen MR) is 238 cm³/mol. The highest BCUT2D eigenvalue weighted by molar-refractivity contribution is 6.02. The first-order valence-electron chi connectivity index (χ1n) is 19.9. The number of fused-ring (bicyclic) bond motifs is 11. The van der Waals surface area contributed by atoms with Crippen LogP contribution < -0.4 is 14.5 Å². The summed E-state index contributed by atoms with van der Waals surface area (Å²) in [6.45, 7) is 0. The fourth-order valence-corrected chi connectivity index (χ4v) is 9.88. The normalized spacial score (nSPS) is 15.1. The lowest BCUT2D eigenvalue weighted by Gasteiger charge is -2.47. The van der Waals surface area contributed by atoms with Crippen LogP contribution in [0.1, 0.15) is 22.3 Å². The number of nitrogens with zero attached hydrogens (tertiary/aromatic N) is 2. The Balaban J connectivity index is 0.975.